The largest absolute Gasteiger partial charge is 0.494 e. The van der Waals surface area contributed by atoms with Crippen molar-refractivity contribution in [2.75, 3.05) is 135 Å². The van der Waals surface area contributed by atoms with Crippen LogP contribution < -0.4 is 82.3 Å². The molecule has 0 spiro atoms. The van der Waals surface area contributed by atoms with E-state index in [1.807, 2.05) is 113 Å². The summed E-state index contributed by atoms with van der Waals surface area (Å²) in [4.78, 5) is 22.8. The standard InChI is InChI=1S/C14H24N2.C14H23NO.C12H18N2O.C12H17NO2.C12H19NO.C11H17NS.4C10H15N.C2H3F3.2C2H6.2CH3Cl.CH3NO2/c1-4-11-15-12-13-7-9-14(10-8-13)16(5-2)6-3;1-5-10-15-11-12-6-8-13(9-7-12)16-14(2,3)4;1-3-8-13-9-11-4-6-12(7-5-11)14-10(2)15;1-2-5-13-9-10-3-4-11-12(8-10)15-7-6-14-11;1-3-9-13-10-11-5-7-12(8-6-11)14-4-2;1-3-8-12-9-10-4-6-11(13-2)7-5-10;4*1-2-8-11-9-10-6-4-3-5-7-10;1-2(3,4)5;4*1-2;1-2(3)4/h7-10,15H,4-6,11-12H2,1-3H3;6-9,15H,5,10-11H2,1-4H3;4-7,13H,3,8-9H2,1-2H3,(H,14,15);3-4,8,13H,2,5-7,9H2,1H3;5-8,13H,3-4,9-10H2,1-2H3;4-7,12H,3,8-9H2,1-2H3;4*3-7,11H,2,8-9H2,1H3;1H3;2*1-2H3;2*1H3;1H3. The Morgan fingerprint density at radius 3 is 0.827 bits per heavy atom. The fraction of sp³-hybridized carbons (Fsp3) is 0.508. The highest BCUT2D eigenvalue weighted by molar-refractivity contribution is 7.98. The van der Waals surface area contributed by atoms with Gasteiger partial charge >= 0.3 is 6.18 Å². The molecule has 0 radical (unpaired) electrons. The summed E-state index contributed by atoms with van der Waals surface area (Å²) in [6.07, 6.45) is 12.9. The second-order valence-corrected chi connectivity index (χ2v) is 35.3. The maximum absolute atomic E-state index is 10.8. The van der Waals surface area contributed by atoms with E-state index in [4.69, 9.17) is 29.1 Å². The predicted molar refractivity (Wildman–Crippen MR) is 647 cm³/mol. The number of hydrogen-bond donors (Lipinski definition) is 11. The molecule has 1 aliphatic rings. The molecule has 11 N–H and O–H groups in total. The number of halogens is 5. The number of alkyl halides is 5. The van der Waals surface area contributed by atoms with Gasteiger partial charge in [0.05, 0.1) is 6.61 Å². The molecule has 20 nitrogen and oxygen atoms in total. The molecule has 0 saturated carbocycles. The van der Waals surface area contributed by atoms with Crippen molar-refractivity contribution in [2.24, 2.45) is 0 Å². The fourth-order valence-electron chi connectivity index (χ4n) is 12.6. The lowest BCUT2D eigenvalue weighted by Gasteiger charge is -2.21. The average Bonchev–Trinajstić information content (AvgIpc) is 0.843. The highest BCUT2D eigenvalue weighted by atomic mass is 35.5. The Hall–Kier alpha value is -9.61. The minimum atomic E-state index is -4.00. The first-order valence-electron chi connectivity index (χ1n) is 54.5. The van der Waals surface area contributed by atoms with Gasteiger partial charge in [0.25, 0.3) is 0 Å². The van der Waals surface area contributed by atoms with Crippen LogP contribution in [-0.2, 0) is 70.2 Å². The van der Waals surface area contributed by atoms with Crippen molar-refractivity contribution >= 4 is 52.2 Å². The lowest BCUT2D eigenvalue weighted by molar-refractivity contribution is -0.445. The van der Waals surface area contributed by atoms with Crippen LogP contribution in [0.1, 0.15) is 272 Å². The molecule has 0 fully saturated rings. The van der Waals surface area contributed by atoms with Gasteiger partial charge < -0.3 is 82.3 Å². The van der Waals surface area contributed by atoms with Crippen LogP contribution in [0.5, 0.6) is 23.0 Å². The van der Waals surface area contributed by atoms with E-state index < -0.39 is 11.1 Å². The van der Waals surface area contributed by atoms with E-state index >= 15 is 0 Å². The molecule has 0 atom stereocenters. The topological polar surface area (TPSA) is 233 Å². The minimum Gasteiger partial charge on any atom is -0.494 e. The molecule has 11 rings (SSSR count). The zero-order valence-corrected chi connectivity index (χ0v) is 99.5. The van der Waals surface area contributed by atoms with Crippen LogP contribution in [0.2, 0.25) is 0 Å². The summed E-state index contributed by atoms with van der Waals surface area (Å²) in [6.45, 7) is 68.6. The first-order chi connectivity index (χ1) is 72.6. The molecule has 1 aliphatic heterocycles. The van der Waals surface area contributed by atoms with Gasteiger partial charge in [0.2, 0.25) is 5.91 Å². The number of nitrogens with zero attached hydrogens (tertiary/aromatic N) is 2. The molecule has 150 heavy (non-hydrogen) atoms. The number of nitro groups is 1. The Balaban J connectivity index is -0.000000511. The Labute approximate surface area is 924 Å². The molecule has 1 heterocycles. The number of carbonyl (C=O) groups excluding carboxylic acids is 1. The van der Waals surface area contributed by atoms with Crippen molar-refractivity contribution in [1.82, 2.24) is 53.2 Å². The quantitative estimate of drug-likeness (QED) is 0.00560. The second kappa shape index (κ2) is 109. The van der Waals surface area contributed by atoms with Crippen molar-refractivity contribution in [3.8, 4) is 23.0 Å². The molecule has 0 unspecified atom stereocenters. The lowest BCUT2D eigenvalue weighted by Crippen LogP contribution is -2.22. The first kappa shape index (κ1) is 149. The molecule has 10 aromatic carbocycles. The Bertz CT molecular complexity index is 4300. The third kappa shape index (κ3) is 96.7. The predicted octanol–water partition coefficient (Wildman–Crippen LogP) is 30.0. The zero-order valence-electron chi connectivity index (χ0n) is 97.1. The van der Waals surface area contributed by atoms with Crippen LogP contribution in [0.3, 0.4) is 0 Å². The number of anilines is 2. The summed E-state index contributed by atoms with van der Waals surface area (Å²) in [6, 6.07) is 90.0. The summed E-state index contributed by atoms with van der Waals surface area (Å²) >= 11 is 11.1. The third-order valence-corrected chi connectivity index (χ3v) is 20.4. The molecule has 0 aromatic heterocycles. The van der Waals surface area contributed by atoms with Gasteiger partial charge in [-0.25, -0.2) is 0 Å². The Kier molecular flexibility index (Phi) is 108. The highest BCUT2D eigenvalue weighted by Gasteiger charge is 2.16. The van der Waals surface area contributed by atoms with E-state index in [0.717, 1.165) is 199 Å². The normalized spacial score (nSPS) is 10.2. The number of benzene rings is 10. The number of fused-ring (bicyclic) bond motifs is 1. The van der Waals surface area contributed by atoms with Crippen LogP contribution >= 0.6 is 35.0 Å². The lowest BCUT2D eigenvalue weighted by atomic mass is 10.1. The molecule has 26 heteroatoms. The molecule has 0 aliphatic carbocycles. The number of hydrogen-bond acceptors (Lipinski definition) is 19. The van der Waals surface area contributed by atoms with Gasteiger partial charge in [-0.2, -0.15) is 13.2 Å². The number of carbonyl (C=O) groups is 1. The van der Waals surface area contributed by atoms with Gasteiger partial charge in [0, 0.05) is 126 Å². The maximum Gasteiger partial charge on any atom is 0.386 e. The number of thioether (sulfide) groups is 1. The van der Waals surface area contributed by atoms with Gasteiger partial charge in [-0.15, -0.1) is 35.0 Å². The van der Waals surface area contributed by atoms with Crippen LogP contribution in [0, 0.1) is 10.1 Å². The molecular formula is C124H202Cl2F3N13O7S. The molecule has 846 valence electrons. The zero-order chi connectivity index (χ0) is 113. The Morgan fingerprint density at radius 2 is 0.587 bits per heavy atom. The van der Waals surface area contributed by atoms with E-state index in [1.54, 1.807) is 11.8 Å². The van der Waals surface area contributed by atoms with E-state index in [0.29, 0.717) is 13.2 Å². The number of rotatable bonds is 48. The van der Waals surface area contributed by atoms with E-state index in [2.05, 4.69) is 379 Å². The Morgan fingerprint density at radius 1 is 0.360 bits per heavy atom. The van der Waals surface area contributed by atoms with Crippen LogP contribution in [0.4, 0.5) is 24.5 Å². The molecular weight excluding hydrogens is 1940 g/mol. The summed E-state index contributed by atoms with van der Waals surface area (Å²) in [5.41, 5.74) is 15.3. The highest BCUT2D eigenvalue weighted by Crippen LogP contribution is 2.31. The SMILES string of the molecule is CC.CC.CC(F)(F)F.CCCNCc1ccc(N(CC)CC)cc1.CCCNCc1ccc(NC(C)=O)cc1.CCCNCc1ccc(OC(C)(C)C)cc1.CCCNCc1ccc(OCC)cc1.CCCNCc1ccc(SC)cc1.CCCNCc1ccc2c(c1)OCCO2.CCCNCc1ccccc1.CCCNCc1ccccc1.CCCNCc1ccccc1.CCCNCc1ccccc1.CCl.CCl.C[N+](=O)[O-]. The van der Waals surface area contributed by atoms with Crippen molar-refractivity contribution in [3.05, 3.63) is 327 Å². The van der Waals surface area contributed by atoms with Gasteiger partial charge in [-0.05, 0) is 306 Å². The molecule has 0 bridgehead atoms. The summed E-state index contributed by atoms with van der Waals surface area (Å²) < 4.78 is 53.2. The van der Waals surface area contributed by atoms with Gasteiger partial charge in [-0.1, -0.05) is 285 Å². The van der Waals surface area contributed by atoms with Crippen molar-refractivity contribution in [3.63, 3.8) is 0 Å². The number of amides is 1. The van der Waals surface area contributed by atoms with Gasteiger partial charge in [0.15, 0.2) is 18.5 Å². The molecule has 10 aromatic rings. The van der Waals surface area contributed by atoms with Crippen molar-refractivity contribution < 1.29 is 41.8 Å². The van der Waals surface area contributed by atoms with Gasteiger partial charge in [-0.3, -0.25) is 14.9 Å². The van der Waals surface area contributed by atoms with E-state index in [9.17, 15) is 18.0 Å². The third-order valence-electron chi connectivity index (χ3n) is 19.6. The van der Waals surface area contributed by atoms with E-state index in [1.165, 1.54) is 137 Å². The fourth-order valence-corrected chi connectivity index (χ4v) is 13.0. The second-order valence-electron chi connectivity index (χ2n) is 34.4. The van der Waals surface area contributed by atoms with Crippen LogP contribution in [0.15, 0.2) is 266 Å². The smallest absolute Gasteiger partial charge is 0.386 e. The van der Waals surface area contributed by atoms with Crippen LogP contribution in [0.25, 0.3) is 0 Å². The van der Waals surface area contributed by atoms with Gasteiger partial charge in [0.1, 0.15) is 30.3 Å². The molecule has 0 saturated heterocycles. The summed E-state index contributed by atoms with van der Waals surface area (Å²) in [7, 11) is 0.889. The number of ether oxygens (including phenoxy) is 4. The van der Waals surface area contributed by atoms with Crippen molar-refractivity contribution in [2.45, 2.75) is 299 Å². The average molecular weight is 2150 g/mol. The van der Waals surface area contributed by atoms with E-state index in [-0.39, 0.29) is 18.4 Å². The van der Waals surface area contributed by atoms with Crippen LogP contribution in [-0.4, -0.2) is 147 Å². The maximum atomic E-state index is 10.8. The molecule has 1 amide bonds. The summed E-state index contributed by atoms with van der Waals surface area (Å²) in [5, 5.41) is 45.2. The first-order valence-corrected chi connectivity index (χ1v) is 57.2. The summed E-state index contributed by atoms with van der Waals surface area (Å²) in [5.74, 6) is 3.59. The van der Waals surface area contributed by atoms with Crippen molar-refractivity contribution in [1.29, 1.82) is 0 Å². The monoisotopic (exact) mass is 2140 g/mol. The number of nitrogens with one attached hydrogen (secondary N) is 11. The minimum absolute atomic E-state index is 0.0353.